The maximum Gasteiger partial charge on any atom is 0.498 e. The Kier molecular flexibility index (Phi) is 4.23. The maximum atomic E-state index is 12.2. The van der Waals surface area contributed by atoms with E-state index in [1.54, 1.807) is 10.9 Å². The van der Waals surface area contributed by atoms with Gasteiger partial charge in [-0.15, -0.1) is 0 Å². The van der Waals surface area contributed by atoms with Gasteiger partial charge in [-0.1, -0.05) is 0 Å². The van der Waals surface area contributed by atoms with Gasteiger partial charge in [0.15, 0.2) is 0 Å². The molecule has 5 nitrogen and oxygen atoms in total. The van der Waals surface area contributed by atoms with Gasteiger partial charge < -0.3 is 14.4 Å². The van der Waals surface area contributed by atoms with Crippen LogP contribution in [0.15, 0.2) is 12.4 Å². The number of nitrogens with zero attached hydrogens (tertiary/aromatic N) is 2. The summed E-state index contributed by atoms with van der Waals surface area (Å²) >= 11 is 0. The lowest BCUT2D eigenvalue weighted by Gasteiger charge is -2.32. The van der Waals surface area contributed by atoms with Gasteiger partial charge in [0.25, 0.3) is 0 Å². The molecular weight excluding hydrogens is 262 g/mol. The summed E-state index contributed by atoms with van der Waals surface area (Å²) in [5.41, 5.74) is 0.0624. The molecule has 2 rings (SSSR count). The van der Waals surface area contributed by atoms with E-state index < -0.39 is 19.9 Å². The zero-order valence-electron chi connectivity index (χ0n) is 12.5. The van der Waals surface area contributed by atoms with E-state index in [1.807, 2.05) is 33.9 Å². The quantitative estimate of drug-likeness (QED) is 0.816. The Balaban J connectivity index is 2.00. The molecule has 7 heteroatoms. The van der Waals surface area contributed by atoms with Crippen LogP contribution in [-0.4, -0.2) is 46.0 Å². The molecule has 0 saturated carbocycles. The van der Waals surface area contributed by atoms with Crippen molar-refractivity contribution in [1.82, 2.24) is 9.78 Å². The van der Waals surface area contributed by atoms with E-state index in [9.17, 15) is 9.50 Å². The van der Waals surface area contributed by atoms with Gasteiger partial charge in [0.05, 0.1) is 17.3 Å². The van der Waals surface area contributed by atoms with Gasteiger partial charge >= 0.3 is 7.12 Å². The summed E-state index contributed by atoms with van der Waals surface area (Å²) in [6.07, 6.45) is 2.90. The molecule has 0 bridgehead atoms. The highest BCUT2D eigenvalue weighted by Crippen LogP contribution is 2.36. The van der Waals surface area contributed by atoms with Crippen molar-refractivity contribution in [2.24, 2.45) is 0 Å². The highest BCUT2D eigenvalue weighted by molar-refractivity contribution is 6.61. The van der Waals surface area contributed by atoms with Gasteiger partial charge in [-0.05, 0) is 34.1 Å². The lowest BCUT2D eigenvalue weighted by Crippen LogP contribution is -2.41. The molecule has 1 aromatic rings. The van der Waals surface area contributed by atoms with Crippen molar-refractivity contribution in [3.8, 4) is 0 Å². The van der Waals surface area contributed by atoms with Crippen molar-refractivity contribution >= 4 is 12.6 Å². The van der Waals surface area contributed by atoms with Crippen LogP contribution in [-0.2, 0) is 15.9 Å². The molecule has 1 atom stereocenters. The van der Waals surface area contributed by atoms with Gasteiger partial charge in [-0.25, -0.2) is 4.39 Å². The molecule has 112 valence electrons. The molecule has 0 radical (unpaired) electrons. The average molecular weight is 284 g/mol. The standard InChI is InChI=1S/C13H22BFN2O3/c1-12(2)13(3,4)20-14(19-12)10-8-16-17(9-10)6-5-11(18)7-15/h8-9,11,18H,5-7H2,1-4H3. The number of hydrogen-bond acceptors (Lipinski definition) is 4. The van der Waals surface area contributed by atoms with E-state index in [0.717, 1.165) is 5.46 Å². The van der Waals surface area contributed by atoms with E-state index in [1.165, 1.54) is 0 Å². The normalized spacial score (nSPS) is 22.2. The number of alkyl halides is 1. The Bertz CT molecular complexity index is 448. The van der Waals surface area contributed by atoms with Crippen LogP contribution in [0.5, 0.6) is 0 Å². The van der Waals surface area contributed by atoms with Crippen LogP contribution in [0, 0.1) is 0 Å². The Morgan fingerprint density at radius 3 is 2.50 bits per heavy atom. The summed E-state index contributed by atoms with van der Waals surface area (Å²) in [4.78, 5) is 0. The van der Waals surface area contributed by atoms with E-state index in [2.05, 4.69) is 5.10 Å². The van der Waals surface area contributed by atoms with Gasteiger partial charge in [-0.2, -0.15) is 5.10 Å². The Hall–Kier alpha value is -0.915. The molecule has 1 aromatic heterocycles. The third kappa shape index (κ3) is 3.05. The smallest absolute Gasteiger partial charge is 0.399 e. The summed E-state index contributed by atoms with van der Waals surface area (Å²) in [6.45, 7) is 7.71. The van der Waals surface area contributed by atoms with Crippen LogP contribution in [0.2, 0.25) is 0 Å². The molecule has 1 unspecified atom stereocenters. The van der Waals surface area contributed by atoms with E-state index in [-0.39, 0.29) is 11.2 Å². The van der Waals surface area contributed by atoms with Gasteiger partial charge in [0.2, 0.25) is 0 Å². The van der Waals surface area contributed by atoms with Gasteiger partial charge in [0.1, 0.15) is 6.67 Å². The fourth-order valence-corrected chi connectivity index (χ4v) is 1.96. The molecule has 0 aromatic carbocycles. The van der Waals surface area contributed by atoms with E-state index in [0.29, 0.717) is 13.0 Å². The van der Waals surface area contributed by atoms with Gasteiger partial charge in [0, 0.05) is 24.4 Å². The first-order chi connectivity index (χ1) is 9.25. The number of halogens is 1. The fourth-order valence-electron chi connectivity index (χ4n) is 1.96. The predicted octanol–water partition coefficient (Wildman–Crippen LogP) is 0.903. The molecule has 1 aliphatic rings. The van der Waals surface area contributed by atoms with Crippen molar-refractivity contribution in [2.75, 3.05) is 6.67 Å². The molecule has 1 N–H and O–H groups in total. The number of aliphatic hydroxyl groups is 1. The second-order valence-electron chi connectivity index (χ2n) is 6.22. The second kappa shape index (κ2) is 5.46. The zero-order chi connectivity index (χ0) is 15.0. The van der Waals surface area contributed by atoms with Gasteiger partial charge in [-0.3, -0.25) is 4.68 Å². The topological polar surface area (TPSA) is 56.5 Å². The van der Waals surface area contributed by atoms with Crippen LogP contribution in [0.25, 0.3) is 0 Å². The summed E-state index contributed by atoms with van der Waals surface area (Å²) in [5, 5.41) is 13.4. The molecule has 1 saturated heterocycles. The highest BCUT2D eigenvalue weighted by Gasteiger charge is 2.52. The fraction of sp³-hybridized carbons (Fsp3) is 0.769. The number of aryl methyl sites for hydroxylation is 1. The molecule has 1 aliphatic heterocycles. The summed E-state index contributed by atoms with van der Waals surface area (Å²) in [6, 6.07) is 0. The van der Waals surface area contributed by atoms with E-state index in [4.69, 9.17) is 9.31 Å². The number of aliphatic hydroxyl groups excluding tert-OH is 1. The molecule has 20 heavy (non-hydrogen) atoms. The minimum atomic E-state index is -0.931. The van der Waals surface area contributed by atoms with Crippen molar-refractivity contribution in [3.63, 3.8) is 0 Å². The third-order valence-electron chi connectivity index (χ3n) is 4.05. The Labute approximate surface area is 119 Å². The predicted molar refractivity (Wildman–Crippen MR) is 74.5 cm³/mol. The minimum absolute atomic E-state index is 0.334. The summed E-state index contributed by atoms with van der Waals surface area (Å²) in [7, 11) is -0.445. The maximum absolute atomic E-state index is 12.2. The number of aromatic nitrogens is 2. The first-order valence-corrected chi connectivity index (χ1v) is 6.87. The third-order valence-corrected chi connectivity index (χ3v) is 4.05. The lowest BCUT2D eigenvalue weighted by molar-refractivity contribution is 0.00578. The summed E-state index contributed by atoms with van der Waals surface area (Å²) < 4.78 is 25.7. The SMILES string of the molecule is CC1(C)OB(c2cnn(CCC(O)CF)c2)OC1(C)C. The van der Waals surface area contributed by atoms with Crippen molar-refractivity contribution < 1.29 is 18.8 Å². The molecular formula is C13H22BFN2O3. The van der Waals surface area contributed by atoms with Crippen LogP contribution in [0.3, 0.4) is 0 Å². The minimum Gasteiger partial charge on any atom is -0.399 e. The second-order valence-corrected chi connectivity index (χ2v) is 6.22. The first-order valence-electron chi connectivity index (χ1n) is 6.87. The molecule has 0 spiro atoms. The van der Waals surface area contributed by atoms with Crippen molar-refractivity contribution in [2.45, 2.75) is 58.0 Å². The molecule has 0 amide bonds. The van der Waals surface area contributed by atoms with Crippen LogP contribution >= 0.6 is 0 Å². The highest BCUT2D eigenvalue weighted by atomic mass is 19.1. The molecule has 2 heterocycles. The Morgan fingerprint density at radius 2 is 1.95 bits per heavy atom. The van der Waals surface area contributed by atoms with Crippen LogP contribution in [0.1, 0.15) is 34.1 Å². The number of rotatable bonds is 5. The molecule has 0 aliphatic carbocycles. The van der Waals surface area contributed by atoms with E-state index >= 15 is 0 Å². The Morgan fingerprint density at radius 1 is 1.35 bits per heavy atom. The average Bonchev–Trinajstić information content (AvgIpc) is 2.90. The lowest BCUT2D eigenvalue weighted by atomic mass is 9.82. The molecule has 1 fully saturated rings. The monoisotopic (exact) mass is 284 g/mol. The number of hydrogen-bond donors (Lipinski definition) is 1. The van der Waals surface area contributed by atoms with Crippen molar-refractivity contribution in [1.29, 1.82) is 0 Å². The summed E-state index contributed by atoms with van der Waals surface area (Å²) in [5.74, 6) is 0. The zero-order valence-corrected chi connectivity index (χ0v) is 12.5. The largest absolute Gasteiger partial charge is 0.498 e. The first kappa shape index (κ1) is 15.5. The van der Waals surface area contributed by atoms with Crippen molar-refractivity contribution in [3.05, 3.63) is 12.4 Å². The van der Waals surface area contributed by atoms with Crippen LogP contribution < -0.4 is 5.46 Å². The van der Waals surface area contributed by atoms with Crippen LogP contribution in [0.4, 0.5) is 4.39 Å².